The monoisotopic (exact) mass is 269 g/mol. The molecule has 1 aromatic carbocycles. The van der Waals surface area contributed by atoms with Crippen LogP contribution in [0.15, 0.2) is 24.3 Å². The van der Waals surface area contributed by atoms with Crippen LogP contribution >= 0.6 is 11.6 Å². The van der Waals surface area contributed by atoms with Crippen LogP contribution in [0.2, 0.25) is 5.02 Å². The number of carbonyl (C=O) groups is 2. The van der Waals surface area contributed by atoms with E-state index in [4.69, 9.17) is 16.7 Å². The summed E-state index contributed by atoms with van der Waals surface area (Å²) in [6.07, 6.45) is -0.257. The van der Waals surface area contributed by atoms with Gasteiger partial charge in [0.15, 0.2) is 0 Å². The molecule has 0 saturated carbocycles. The van der Waals surface area contributed by atoms with Gasteiger partial charge in [-0.15, -0.1) is 0 Å². The Morgan fingerprint density at radius 1 is 1.39 bits per heavy atom. The van der Waals surface area contributed by atoms with Crippen LogP contribution in [0.25, 0.3) is 0 Å². The average Bonchev–Trinajstić information content (AvgIpc) is 2.31. The van der Waals surface area contributed by atoms with Crippen LogP contribution < -0.4 is 0 Å². The number of amides is 1. The van der Waals surface area contributed by atoms with Gasteiger partial charge in [-0.2, -0.15) is 0 Å². The minimum Gasteiger partial charge on any atom is -0.465 e. The van der Waals surface area contributed by atoms with Gasteiger partial charge < -0.3 is 14.8 Å². The largest absolute Gasteiger partial charge is 0.465 e. The SMILES string of the molecule is CC(C)N(CC(C=O)c1ccc(Cl)cc1)C(=O)O. The first-order chi connectivity index (χ1) is 8.45. The highest BCUT2D eigenvalue weighted by atomic mass is 35.5. The molecule has 0 aliphatic carbocycles. The predicted octanol–water partition coefficient (Wildman–Crippen LogP) is 3.01. The van der Waals surface area contributed by atoms with Crippen LogP contribution in [-0.4, -0.2) is 35.0 Å². The molecule has 18 heavy (non-hydrogen) atoms. The maximum Gasteiger partial charge on any atom is 0.407 e. The van der Waals surface area contributed by atoms with Crippen molar-refractivity contribution in [2.24, 2.45) is 0 Å². The summed E-state index contributed by atoms with van der Waals surface area (Å²) in [4.78, 5) is 23.4. The number of carbonyl (C=O) groups excluding carboxylic acids is 1. The van der Waals surface area contributed by atoms with E-state index >= 15 is 0 Å². The second-order valence-electron chi connectivity index (χ2n) is 4.32. The van der Waals surface area contributed by atoms with Gasteiger partial charge in [0.25, 0.3) is 0 Å². The van der Waals surface area contributed by atoms with Crippen LogP contribution in [0.3, 0.4) is 0 Å². The highest BCUT2D eigenvalue weighted by molar-refractivity contribution is 6.30. The van der Waals surface area contributed by atoms with Crippen LogP contribution in [0.1, 0.15) is 25.3 Å². The van der Waals surface area contributed by atoms with E-state index in [1.165, 1.54) is 4.90 Å². The van der Waals surface area contributed by atoms with Gasteiger partial charge in [-0.25, -0.2) is 4.79 Å². The van der Waals surface area contributed by atoms with Crippen molar-refractivity contribution in [2.45, 2.75) is 25.8 Å². The first-order valence-corrected chi connectivity index (χ1v) is 6.03. The summed E-state index contributed by atoms with van der Waals surface area (Å²) >= 11 is 5.77. The number of carboxylic acid groups (broad SMARTS) is 1. The van der Waals surface area contributed by atoms with Crippen molar-refractivity contribution in [1.82, 2.24) is 4.90 Å². The van der Waals surface area contributed by atoms with Crippen molar-refractivity contribution >= 4 is 24.0 Å². The predicted molar refractivity (Wildman–Crippen MR) is 70.1 cm³/mol. The van der Waals surface area contributed by atoms with E-state index in [1.807, 2.05) is 0 Å². The van der Waals surface area contributed by atoms with Gasteiger partial charge in [0.05, 0.1) is 5.92 Å². The van der Waals surface area contributed by atoms with E-state index in [9.17, 15) is 9.59 Å². The molecule has 0 radical (unpaired) electrons. The Bertz CT molecular complexity index is 417. The van der Waals surface area contributed by atoms with E-state index in [0.717, 1.165) is 11.8 Å². The number of nitrogens with zero attached hydrogens (tertiary/aromatic N) is 1. The molecule has 4 nitrogen and oxygen atoms in total. The maximum absolute atomic E-state index is 11.1. The lowest BCUT2D eigenvalue weighted by Gasteiger charge is -2.26. The minimum atomic E-state index is -1.02. The van der Waals surface area contributed by atoms with Gasteiger partial charge in [-0.1, -0.05) is 23.7 Å². The summed E-state index contributed by atoms with van der Waals surface area (Å²) in [5, 5.41) is 9.65. The van der Waals surface area contributed by atoms with E-state index in [-0.39, 0.29) is 12.6 Å². The van der Waals surface area contributed by atoms with Crippen molar-refractivity contribution in [3.63, 3.8) is 0 Å². The van der Waals surface area contributed by atoms with Crippen molar-refractivity contribution < 1.29 is 14.7 Å². The van der Waals surface area contributed by atoms with Gasteiger partial charge in [0, 0.05) is 17.6 Å². The molecular formula is C13H16ClNO3. The van der Waals surface area contributed by atoms with E-state index in [2.05, 4.69) is 0 Å². The smallest absolute Gasteiger partial charge is 0.407 e. The maximum atomic E-state index is 11.1. The van der Waals surface area contributed by atoms with Crippen molar-refractivity contribution in [1.29, 1.82) is 0 Å². The third kappa shape index (κ3) is 3.74. The summed E-state index contributed by atoms with van der Waals surface area (Å²) in [5.41, 5.74) is 0.765. The number of benzene rings is 1. The van der Waals surface area contributed by atoms with Gasteiger partial charge in [0.2, 0.25) is 0 Å². The fourth-order valence-electron chi connectivity index (χ4n) is 1.66. The zero-order chi connectivity index (χ0) is 13.7. The first kappa shape index (κ1) is 14.5. The molecular weight excluding hydrogens is 254 g/mol. The fraction of sp³-hybridized carbons (Fsp3) is 0.385. The molecule has 1 atom stereocenters. The van der Waals surface area contributed by atoms with Crippen LogP contribution in [0.4, 0.5) is 4.79 Å². The quantitative estimate of drug-likeness (QED) is 0.836. The third-order valence-corrected chi connectivity index (χ3v) is 2.98. The Labute approximate surface area is 111 Å². The number of aldehydes is 1. The molecule has 98 valence electrons. The number of rotatable bonds is 5. The van der Waals surface area contributed by atoms with Crippen LogP contribution in [0.5, 0.6) is 0 Å². The lowest BCUT2D eigenvalue weighted by molar-refractivity contribution is -0.109. The Balaban J connectivity index is 2.87. The van der Waals surface area contributed by atoms with E-state index in [0.29, 0.717) is 5.02 Å². The highest BCUT2D eigenvalue weighted by Gasteiger charge is 2.21. The molecule has 1 unspecified atom stereocenters. The summed E-state index contributed by atoms with van der Waals surface area (Å²) in [6, 6.07) is 6.68. The van der Waals surface area contributed by atoms with Crippen molar-refractivity contribution in [3.8, 4) is 0 Å². The summed E-state index contributed by atoms with van der Waals surface area (Å²) in [5.74, 6) is -0.472. The molecule has 1 N–H and O–H groups in total. The van der Waals surface area contributed by atoms with Gasteiger partial charge in [-0.3, -0.25) is 0 Å². The number of hydrogen-bond donors (Lipinski definition) is 1. The first-order valence-electron chi connectivity index (χ1n) is 5.66. The Hall–Kier alpha value is -1.55. The van der Waals surface area contributed by atoms with Crippen LogP contribution in [0, 0.1) is 0 Å². The topological polar surface area (TPSA) is 57.6 Å². The number of halogens is 1. The molecule has 0 aliphatic rings. The molecule has 0 spiro atoms. The molecule has 0 aliphatic heterocycles. The molecule has 1 amide bonds. The molecule has 1 aromatic rings. The van der Waals surface area contributed by atoms with E-state index in [1.54, 1.807) is 38.1 Å². The third-order valence-electron chi connectivity index (χ3n) is 2.72. The van der Waals surface area contributed by atoms with Crippen LogP contribution in [-0.2, 0) is 4.79 Å². The van der Waals surface area contributed by atoms with Gasteiger partial charge in [-0.05, 0) is 31.5 Å². The average molecular weight is 270 g/mol. The summed E-state index contributed by atoms with van der Waals surface area (Å²) in [7, 11) is 0. The normalized spacial score (nSPS) is 12.2. The molecule has 1 rings (SSSR count). The zero-order valence-electron chi connectivity index (χ0n) is 10.3. The van der Waals surface area contributed by atoms with Gasteiger partial charge >= 0.3 is 6.09 Å². The van der Waals surface area contributed by atoms with E-state index < -0.39 is 12.0 Å². The Kier molecular flexibility index (Phi) is 5.16. The van der Waals surface area contributed by atoms with Crippen molar-refractivity contribution in [3.05, 3.63) is 34.9 Å². The lowest BCUT2D eigenvalue weighted by Crippen LogP contribution is -2.39. The molecule has 0 bridgehead atoms. The molecule has 0 aromatic heterocycles. The van der Waals surface area contributed by atoms with Gasteiger partial charge in [0.1, 0.15) is 6.29 Å². The molecule has 0 fully saturated rings. The highest BCUT2D eigenvalue weighted by Crippen LogP contribution is 2.19. The standard InChI is InChI=1S/C13H16ClNO3/c1-9(2)15(13(17)18)7-11(8-16)10-3-5-12(14)6-4-10/h3-6,8-9,11H,7H2,1-2H3,(H,17,18). The summed E-state index contributed by atoms with van der Waals surface area (Å²) in [6.45, 7) is 3.70. The van der Waals surface area contributed by atoms with Crippen molar-refractivity contribution in [2.75, 3.05) is 6.54 Å². The Morgan fingerprint density at radius 3 is 2.33 bits per heavy atom. The zero-order valence-corrected chi connectivity index (χ0v) is 11.1. The Morgan fingerprint density at radius 2 is 1.94 bits per heavy atom. The number of hydrogen-bond acceptors (Lipinski definition) is 2. The second-order valence-corrected chi connectivity index (χ2v) is 4.76. The molecule has 0 saturated heterocycles. The molecule has 0 heterocycles. The summed E-state index contributed by atoms with van der Waals surface area (Å²) < 4.78 is 0. The molecule has 5 heteroatoms. The second kappa shape index (κ2) is 6.40. The minimum absolute atomic E-state index is 0.151. The fourth-order valence-corrected chi connectivity index (χ4v) is 1.78. The lowest BCUT2D eigenvalue weighted by atomic mass is 10.00.